The number of esters is 1. The van der Waals surface area contributed by atoms with Gasteiger partial charge in [0.05, 0.1) is 6.61 Å². The summed E-state index contributed by atoms with van der Waals surface area (Å²) >= 11 is 0. The molecule has 0 saturated heterocycles. The van der Waals surface area contributed by atoms with E-state index in [1.165, 1.54) is 5.56 Å². The van der Waals surface area contributed by atoms with Gasteiger partial charge in [-0.25, -0.2) is 0 Å². The smallest absolute Gasteiger partial charge is 0.326 e. The highest BCUT2D eigenvalue weighted by molar-refractivity contribution is 5.80. The molecule has 2 N–H and O–H groups in total. The highest BCUT2D eigenvalue weighted by Crippen LogP contribution is 2.13. The lowest BCUT2D eigenvalue weighted by Crippen LogP contribution is -2.48. The zero-order valence-corrected chi connectivity index (χ0v) is 11.3. The van der Waals surface area contributed by atoms with Gasteiger partial charge in [0.15, 0.2) is 0 Å². The maximum Gasteiger partial charge on any atom is 0.326 e. The van der Waals surface area contributed by atoms with E-state index in [9.17, 15) is 4.79 Å². The van der Waals surface area contributed by atoms with Crippen LogP contribution in [0.2, 0.25) is 0 Å². The third-order valence-electron chi connectivity index (χ3n) is 3.35. The van der Waals surface area contributed by atoms with Crippen molar-refractivity contribution in [3.8, 4) is 0 Å². The fraction of sp³-hybridized carbons (Fsp3) is 0.533. The summed E-state index contributed by atoms with van der Waals surface area (Å²) < 4.78 is 5.25. The lowest BCUT2D eigenvalue weighted by atomic mass is 9.95. The lowest BCUT2D eigenvalue weighted by molar-refractivity contribution is -0.150. The number of benzene rings is 1. The van der Waals surface area contributed by atoms with Crippen LogP contribution in [0.15, 0.2) is 30.3 Å². The molecule has 0 spiro atoms. The van der Waals surface area contributed by atoms with Crippen LogP contribution in [0.3, 0.4) is 0 Å². The van der Waals surface area contributed by atoms with E-state index in [1.807, 2.05) is 32.0 Å². The van der Waals surface area contributed by atoms with E-state index in [1.54, 1.807) is 0 Å². The Bertz CT molecular complexity index is 358. The summed E-state index contributed by atoms with van der Waals surface area (Å²) in [6, 6.07) is 10.2. The molecule has 0 aliphatic heterocycles. The summed E-state index contributed by atoms with van der Waals surface area (Å²) in [6.45, 7) is 4.26. The van der Waals surface area contributed by atoms with E-state index in [-0.39, 0.29) is 5.97 Å². The van der Waals surface area contributed by atoms with Crippen molar-refractivity contribution in [2.24, 2.45) is 5.73 Å². The zero-order valence-electron chi connectivity index (χ0n) is 11.3. The van der Waals surface area contributed by atoms with Crippen molar-refractivity contribution in [2.45, 2.75) is 45.1 Å². The van der Waals surface area contributed by atoms with Gasteiger partial charge in [0.1, 0.15) is 5.54 Å². The molecule has 0 saturated carbocycles. The van der Waals surface area contributed by atoms with Gasteiger partial charge >= 0.3 is 5.97 Å². The first-order valence-electron chi connectivity index (χ1n) is 6.62. The summed E-state index contributed by atoms with van der Waals surface area (Å²) in [5.74, 6) is -0.277. The topological polar surface area (TPSA) is 52.3 Å². The standard InChI is InChI=1S/C15H23NO2/c1-3-15(16,4-2)14(17)18-12-8-11-13-9-6-5-7-10-13/h5-7,9-10H,3-4,8,11-12,16H2,1-2H3. The van der Waals surface area contributed by atoms with Gasteiger partial charge in [-0.15, -0.1) is 0 Å². The number of rotatable bonds is 7. The largest absolute Gasteiger partial charge is 0.464 e. The number of hydrogen-bond donors (Lipinski definition) is 1. The Morgan fingerprint density at radius 1 is 1.22 bits per heavy atom. The minimum atomic E-state index is -0.813. The fourth-order valence-corrected chi connectivity index (χ4v) is 1.77. The number of ether oxygens (including phenoxy) is 1. The number of hydrogen-bond acceptors (Lipinski definition) is 3. The summed E-state index contributed by atoms with van der Waals surface area (Å²) in [5, 5.41) is 0. The van der Waals surface area contributed by atoms with Gasteiger partial charge in [-0.05, 0) is 31.2 Å². The predicted molar refractivity (Wildman–Crippen MR) is 73.2 cm³/mol. The van der Waals surface area contributed by atoms with Crippen LogP contribution in [0.5, 0.6) is 0 Å². The molecule has 0 atom stereocenters. The SMILES string of the molecule is CCC(N)(CC)C(=O)OCCCc1ccccc1. The first-order chi connectivity index (χ1) is 8.62. The minimum absolute atomic E-state index is 0.277. The summed E-state index contributed by atoms with van der Waals surface area (Å²) in [5.41, 5.74) is 6.41. The molecular formula is C15H23NO2. The van der Waals surface area contributed by atoms with Crippen LogP contribution < -0.4 is 5.73 Å². The summed E-state index contributed by atoms with van der Waals surface area (Å²) in [7, 11) is 0. The Morgan fingerprint density at radius 3 is 2.39 bits per heavy atom. The van der Waals surface area contributed by atoms with Crippen molar-refractivity contribution in [2.75, 3.05) is 6.61 Å². The van der Waals surface area contributed by atoms with Crippen molar-refractivity contribution >= 4 is 5.97 Å². The van der Waals surface area contributed by atoms with Crippen LogP contribution in [0.4, 0.5) is 0 Å². The maximum atomic E-state index is 11.8. The second-order valence-electron chi connectivity index (χ2n) is 4.59. The number of nitrogens with two attached hydrogens (primary N) is 1. The van der Waals surface area contributed by atoms with Crippen LogP contribution in [0, 0.1) is 0 Å². The molecule has 3 heteroatoms. The van der Waals surface area contributed by atoms with Crippen molar-refractivity contribution < 1.29 is 9.53 Å². The highest BCUT2D eigenvalue weighted by Gasteiger charge is 2.31. The lowest BCUT2D eigenvalue weighted by Gasteiger charge is -2.23. The van der Waals surface area contributed by atoms with Gasteiger partial charge < -0.3 is 10.5 Å². The Kier molecular flexibility index (Phi) is 5.86. The van der Waals surface area contributed by atoms with Crippen LogP contribution in [-0.4, -0.2) is 18.1 Å². The van der Waals surface area contributed by atoms with Crippen LogP contribution in [0.25, 0.3) is 0 Å². The van der Waals surface area contributed by atoms with Crippen molar-refractivity contribution in [3.63, 3.8) is 0 Å². The van der Waals surface area contributed by atoms with Gasteiger partial charge in [-0.1, -0.05) is 44.2 Å². The zero-order chi connectivity index (χ0) is 13.4. The molecule has 18 heavy (non-hydrogen) atoms. The second kappa shape index (κ2) is 7.17. The van der Waals surface area contributed by atoms with E-state index in [0.717, 1.165) is 12.8 Å². The van der Waals surface area contributed by atoms with E-state index in [0.29, 0.717) is 19.4 Å². The molecule has 0 aromatic heterocycles. The van der Waals surface area contributed by atoms with Crippen molar-refractivity contribution in [1.29, 1.82) is 0 Å². The Labute approximate surface area is 109 Å². The maximum absolute atomic E-state index is 11.8. The van der Waals surface area contributed by atoms with Crippen LogP contribution in [-0.2, 0) is 16.0 Å². The number of carbonyl (C=O) groups excluding carboxylic acids is 1. The molecule has 0 fully saturated rings. The molecule has 100 valence electrons. The van der Waals surface area contributed by atoms with Crippen LogP contribution in [0.1, 0.15) is 38.7 Å². The summed E-state index contributed by atoms with van der Waals surface area (Å²) in [4.78, 5) is 11.8. The van der Waals surface area contributed by atoms with E-state index >= 15 is 0 Å². The van der Waals surface area contributed by atoms with Crippen LogP contribution >= 0.6 is 0 Å². The molecule has 1 rings (SSSR count). The fourth-order valence-electron chi connectivity index (χ4n) is 1.77. The molecule has 0 aliphatic rings. The molecule has 0 heterocycles. The average molecular weight is 249 g/mol. The van der Waals surface area contributed by atoms with Gasteiger partial charge in [-0.2, -0.15) is 0 Å². The molecule has 0 radical (unpaired) electrons. The average Bonchev–Trinajstić information content (AvgIpc) is 2.43. The molecule has 0 amide bonds. The first-order valence-corrected chi connectivity index (χ1v) is 6.62. The van der Waals surface area contributed by atoms with E-state index in [2.05, 4.69) is 12.1 Å². The first kappa shape index (κ1) is 14.7. The van der Waals surface area contributed by atoms with Gasteiger partial charge in [0.25, 0.3) is 0 Å². The monoisotopic (exact) mass is 249 g/mol. The van der Waals surface area contributed by atoms with E-state index in [4.69, 9.17) is 10.5 Å². The van der Waals surface area contributed by atoms with E-state index < -0.39 is 5.54 Å². The molecule has 0 unspecified atom stereocenters. The van der Waals surface area contributed by atoms with Crippen molar-refractivity contribution in [1.82, 2.24) is 0 Å². The second-order valence-corrected chi connectivity index (χ2v) is 4.59. The molecule has 1 aromatic carbocycles. The quantitative estimate of drug-likeness (QED) is 0.597. The van der Waals surface area contributed by atoms with Gasteiger partial charge in [0.2, 0.25) is 0 Å². The van der Waals surface area contributed by atoms with Gasteiger partial charge in [0, 0.05) is 0 Å². The molecule has 0 aliphatic carbocycles. The van der Waals surface area contributed by atoms with Gasteiger partial charge in [-0.3, -0.25) is 4.79 Å². The Morgan fingerprint density at radius 2 is 1.83 bits per heavy atom. The highest BCUT2D eigenvalue weighted by atomic mass is 16.5. The molecule has 0 bridgehead atoms. The molecular weight excluding hydrogens is 226 g/mol. The third kappa shape index (κ3) is 4.15. The summed E-state index contributed by atoms with van der Waals surface area (Å²) in [6.07, 6.45) is 2.98. The predicted octanol–water partition coefficient (Wildman–Crippen LogP) is 2.68. The Hall–Kier alpha value is -1.35. The third-order valence-corrected chi connectivity index (χ3v) is 3.35. The minimum Gasteiger partial charge on any atom is -0.464 e. The number of aryl methyl sites for hydroxylation is 1. The number of carbonyl (C=O) groups is 1. The van der Waals surface area contributed by atoms with Crippen molar-refractivity contribution in [3.05, 3.63) is 35.9 Å². The Balaban J connectivity index is 2.28. The normalized spacial score (nSPS) is 11.3. The molecule has 3 nitrogen and oxygen atoms in total. The molecule has 1 aromatic rings.